The van der Waals surface area contributed by atoms with Gasteiger partial charge in [0.25, 0.3) is 0 Å². The second-order valence-corrected chi connectivity index (χ2v) is 5.96. The van der Waals surface area contributed by atoms with Crippen molar-refractivity contribution in [3.63, 3.8) is 0 Å². The van der Waals surface area contributed by atoms with Gasteiger partial charge in [0, 0.05) is 13.0 Å². The molecule has 3 N–H and O–H groups in total. The van der Waals surface area contributed by atoms with E-state index in [0.29, 0.717) is 19.6 Å². The van der Waals surface area contributed by atoms with E-state index in [1.54, 1.807) is 0 Å². The maximum Gasteiger partial charge on any atom is 0.220 e. The van der Waals surface area contributed by atoms with E-state index in [2.05, 4.69) is 5.32 Å². The second kappa shape index (κ2) is 9.01. The maximum atomic E-state index is 12.0. The molecule has 0 unspecified atom stereocenters. The van der Waals surface area contributed by atoms with E-state index in [0.717, 1.165) is 43.4 Å². The molecule has 0 spiro atoms. The number of carbonyl (C=O) groups is 1. The fourth-order valence-corrected chi connectivity index (χ4v) is 2.92. The molecule has 0 radical (unpaired) electrons. The quantitative estimate of drug-likeness (QED) is 0.757. The van der Waals surface area contributed by atoms with E-state index in [-0.39, 0.29) is 23.9 Å². The SMILES string of the molecule is Cc1ccccc1OCCCC(=O)NC1(CN)CCCC1.Cl. The lowest BCUT2D eigenvalue weighted by molar-refractivity contribution is -0.123. The molecule has 1 amide bonds. The van der Waals surface area contributed by atoms with E-state index < -0.39 is 0 Å². The Morgan fingerprint density at radius 1 is 1.32 bits per heavy atom. The Hall–Kier alpha value is -1.26. The Morgan fingerprint density at radius 2 is 2.00 bits per heavy atom. The number of amides is 1. The zero-order valence-electron chi connectivity index (χ0n) is 13.3. The molecule has 1 fully saturated rings. The summed E-state index contributed by atoms with van der Waals surface area (Å²) in [6.45, 7) is 3.12. The molecule has 4 nitrogen and oxygen atoms in total. The molecule has 1 aliphatic carbocycles. The lowest BCUT2D eigenvalue weighted by atomic mass is 9.97. The van der Waals surface area contributed by atoms with Crippen LogP contribution in [0.5, 0.6) is 5.75 Å². The fourth-order valence-electron chi connectivity index (χ4n) is 2.92. The fraction of sp³-hybridized carbons (Fsp3) is 0.588. The summed E-state index contributed by atoms with van der Waals surface area (Å²) >= 11 is 0. The van der Waals surface area contributed by atoms with Crippen LogP contribution < -0.4 is 15.8 Å². The van der Waals surface area contributed by atoms with Gasteiger partial charge in [0.1, 0.15) is 5.75 Å². The van der Waals surface area contributed by atoms with E-state index in [1.165, 1.54) is 0 Å². The van der Waals surface area contributed by atoms with E-state index in [4.69, 9.17) is 10.5 Å². The third-order valence-electron chi connectivity index (χ3n) is 4.26. The summed E-state index contributed by atoms with van der Waals surface area (Å²) in [5.41, 5.74) is 6.80. The highest BCUT2D eigenvalue weighted by Gasteiger charge is 2.33. The van der Waals surface area contributed by atoms with Gasteiger partial charge in [-0.25, -0.2) is 0 Å². The van der Waals surface area contributed by atoms with Crippen LogP contribution in [0.3, 0.4) is 0 Å². The summed E-state index contributed by atoms with van der Waals surface area (Å²) in [7, 11) is 0. The van der Waals surface area contributed by atoms with Gasteiger partial charge in [-0.15, -0.1) is 12.4 Å². The molecule has 0 bridgehead atoms. The molecule has 1 aliphatic rings. The number of hydrogen-bond donors (Lipinski definition) is 2. The number of para-hydroxylation sites is 1. The zero-order valence-corrected chi connectivity index (χ0v) is 14.1. The minimum atomic E-state index is -0.145. The van der Waals surface area contributed by atoms with Gasteiger partial charge in [-0.2, -0.15) is 0 Å². The summed E-state index contributed by atoms with van der Waals surface area (Å²) < 4.78 is 5.70. The smallest absolute Gasteiger partial charge is 0.220 e. The summed E-state index contributed by atoms with van der Waals surface area (Å²) in [5.74, 6) is 0.989. The van der Waals surface area contributed by atoms with Crippen molar-refractivity contribution in [2.75, 3.05) is 13.2 Å². The van der Waals surface area contributed by atoms with Crippen molar-refractivity contribution in [2.24, 2.45) is 5.73 Å². The average Bonchev–Trinajstić information content (AvgIpc) is 2.94. The van der Waals surface area contributed by atoms with Gasteiger partial charge < -0.3 is 15.8 Å². The molecule has 1 saturated carbocycles. The lowest BCUT2D eigenvalue weighted by Gasteiger charge is -2.28. The molecule has 0 aliphatic heterocycles. The minimum Gasteiger partial charge on any atom is -0.493 e. The Balaban J connectivity index is 0.00000242. The predicted octanol–water partition coefficient (Wildman–Crippen LogP) is 2.96. The van der Waals surface area contributed by atoms with Crippen molar-refractivity contribution in [3.05, 3.63) is 29.8 Å². The normalized spacial score (nSPS) is 15.9. The van der Waals surface area contributed by atoms with Crippen molar-refractivity contribution < 1.29 is 9.53 Å². The van der Waals surface area contributed by atoms with Crippen LogP contribution in [-0.2, 0) is 4.79 Å². The Bertz CT molecular complexity index is 473. The second-order valence-electron chi connectivity index (χ2n) is 5.96. The number of carbonyl (C=O) groups excluding carboxylic acids is 1. The Kier molecular flexibility index (Phi) is 7.69. The van der Waals surface area contributed by atoms with Crippen LogP contribution in [0.2, 0.25) is 0 Å². The molecule has 0 heterocycles. The van der Waals surface area contributed by atoms with Crippen LogP contribution in [0.1, 0.15) is 44.1 Å². The van der Waals surface area contributed by atoms with Crippen LogP contribution in [0.4, 0.5) is 0 Å². The first-order valence-electron chi connectivity index (χ1n) is 7.85. The monoisotopic (exact) mass is 326 g/mol. The summed E-state index contributed by atoms with van der Waals surface area (Å²) in [6.07, 6.45) is 5.56. The van der Waals surface area contributed by atoms with Crippen molar-refractivity contribution in [1.82, 2.24) is 5.32 Å². The highest BCUT2D eigenvalue weighted by molar-refractivity contribution is 5.85. The van der Waals surface area contributed by atoms with Crippen molar-refractivity contribution in [2.45, 2.75) is 51.0 Å². The number of benzene rings is 1. The minimum absolute atomic E-state index is 0. The van der Waals surface area contributed by atoms with Gasteiger partial charge >= 0.3 is 0 Å². The highest BCUT2D eigenvalue weighted by Crippen LogP contribution is 2.28. The van der Waals surface area contributed by atoms with Gasteiger partial charge in [-0.3, -0.25) is 4.79 Å². The molecule has 124 valence electrons. The molecule has 22 heavy (non-hydrogen) atoms. The lowest BCUT2D eigenvalue weighted by Crippen LogP contribution is -2.51. The molecule has 1 aromatic rings. The van der Waals surface area contributed by atoms with Gasteiger partial charge in [0.05, 0.1) is 12.1 Å². The number of halogens is 1. The maximum absolute atomic E-state index is 12.0. The van der Waals surface area contributed by atoms with Crippen LogP contribution in [-0.4, -0.2) is 24.6 Å². The molecule has 0 atom stereocenters. The molecular weight excluding hydrogens is 300 g/mol. The van der Waals surface area contributed by atoms with Crippen LogP contribution >= 0.6 is 12.4 Å². The summed E-state index contributed by atoms with van der Waals surface area (Å²) in [5, 5.41) is 3.13. The van der Waals surface area contributed by atoms with Crippen molar-refractivity contribution in [1.29, 1.82) is 0 Å². The standard InChI is InChI=1S/C17H26N2O2.ClH/c1-14-7-2-3-8-15(14)21-12-6-9-16(20)19-17(13-18)10-4-5-11-17;/h2-3,7-8H,4-6,9-13,18H2,1H3,(H,19,20);1H. The van der Waals surface area contributed by atoms with E-state index >= 15 is 0 Å². The number of hydrogen-bond acceptors (Lipinski definition) is 3. The number of ether oxygens (including phenoxy) is 1. The first-order chi connectivity index (χ1) is 10.2. The predicted molar refractivity (Wildman–Crippen MR) is 91.6 cm³/mol. The third-order valence-corrected chi connectivity index (χ3v) is 4.26. The average molecular weight is 327 g/mol. The largest absolute Gasteiger partial charge is 0.493 e. The first kappa shape index (κ1) is 18.8. The molecule has 2 rings (SSSR count). The number of rotatable bonds is 7. The topological polar surface area (TPSA) is 64.3 Å². The van der Waals surface area contributed by atoms with Gasteiger partial charge in [0.15, 0.2) is 0 Å². The molecule has 0 saturated heterocycles. The summed E-state index contributed by atoms with van der Waals surface area (Å²) in [4.78, 5) is 12.0. The van der Waals surface area contributed by atoms with Gasteiger partial charge in [0.2, 0.25) is 5.91 Å². The number of nitrogens with one attached hydrogen (secondary N) is 1. The Morgan fingerprint density at radius 3 is 2.64 bits per heavy atom. The van der Waals surface area contributed by atoms with E-state index in [9.17, 15) is 4.79 Å². The number of nitrogens with two attached hydrogens (primary N) is 1. The molecular formula is C17H27ClN2O2. The van der Waals surface area contributed by atoms with Crippen LogP contribution in [0, 0.1) is 6.92 Å². The van der Waals surface area contributed by atoms with Crippen molar-refractivity contribution in [3.8, 4) is 5.75 Å². The van der Waals surface area contributed by atoms with Crippen LogP contribution in [0.15, 0.2) is 24.3 Å². The Labute approximate surface area is 139 Å². The number of aryl methyl sites for hydroxylation is 1. The van der Waals surface area contributed by atoms with Gasteiger partial charge in [-0.05, 0) is 37.8 Å². The zero-order chi connectivity index (χ0) is 15.1. The van der Waals surface area contributed by atoms with Crippen LogP contribution in [0.25, 0.3) is 0 Å². The van der Waals surface area contributed by atoms with Crippen molar-refractivity contribution >= 4 is 18.3 Å². The molecule has 5 heteroatoms. The molecule has 0 aromatic heterocycles. The highest BCUT2D eigenvalue weighted by atomic mass is 35.5. The molecule has 1 aromatic carbocycles. The van der Waals surface area contributed by atoms with Gasteiger partial charge in [-0.1, -0.05) is 31.0 Å². The first-order valence-corrected chi connectivity index (χ1v) is 7.85. The van der Waals surface area contributed by atoms with E-state index in [1.807, 2.05) is 31.2 Å². The summed E-state index contributed by atoms with van der Waals surface area (Å²) in [6, 6.07) is 7.92. The third kappa shape index (κ3) is 5.18.